The molecule has 3 N–H and O–H groups in total. The summed E-state index contributed by atoms with van der Waals surface area (Å²) < 4.78 is 26.0. The van der Waals surface area contributed by atoms with E-state index in [9.17, 15) is 23.9 Å². The Balaban J connectivity index is 1.61. The highest BCUT2D eigenvalue weighted by atomic mass is 19.1. The third-order valence-corrected chi connectivity index (χ3v) is 6.72. The molecule has 1 aliphatic heterocycles. The van der Waals surface area contributed by atoms with Gasteiger partial charge in [-0.3, -0.25) is 14.4 Å². The molecular weight excluding hydrogens is 531 g/mol. The van der Waals surface area contributed by atoms with Gasteiger partial charge in [-0.05, 0) is 65.9 Å². The number of carbonyl (C=O) groups is 3. The number of hydrogen-bond acceptors (Lipinski definition) is 6. The van der Waals surface area contributed by atoms with Crippen LogP contribution in [0.4, 0.5) is 4.39 Å². The third kappa shape index (κ3) is 8.52. The molecule has 0 spiro atoms. The first-order valence-electron chi connectivity index (χ1n) is 13.5. The second-order valence-electron chi connectivity index (χ2n) is 9.72. The van der Waals surface area contributed by atoms with Crippen molar-refractivity contribution < 1.29 is 38.5 Å². The van der Waals surface area contributed by atoms with Crippen molar-refractivity contribution in [2.24, 2.45) is 0 Å². The summed E-state index contributed by atoms with van der Waals surface area (Å²) in [6, 6.07) is 16.5. The molecule has 9 nitrogen and oxygen atoms in total. The second kappa shape index (κ2) is 14.3. The Morgan fingerprint density at radius 1 is 0.878 bits per heavy atom. The zero-order valence-electron chi connectivity index (χ0n) is 22.6. The molecule has 216 valence electrons. The van der Waals surface area contributed by atoms with Gasteiger partial charge < -0.3 is 29.9 Å². The molecule has 0 atom stereocenters. The number of carboxylic acid groups (broad SMARTS) is 2. The minimum Gasteiger partial charge on any atom is -0.493 e. The first kappa shape index (κ1) is 29.5. The SMILES string of the molecule is O=C(O)CCCOc1cccc(COc2cc(C(=O)N3CCNCC3)cc(-c3cccc(F)c3)c2)c1CCC(=O)O. The molecule has 4 rings (SSSR count). The lowest BCUT2D eigenvalue weighted by molar-refractivity contribution is -0.138. The fourth-order valence-electron chi connectivity index (χ4n) is 4.65. The van der Waals surface area contributed by atoms with E-state index < -0.39 is 17.8 Å². The summed E-state index contributed by atoms with van der Waals surface area (Å²) in [5, 5.41) is 21.4. The number of nitrogens with one attached hydrogen (secondary N) is 1. The standard InChI is InChI=1S/C31H33FN2O7/c32-25-6-1-4-21(17-25)23-16-24(31(39)34-13-11-33-12-14-34)19-26(18-23)41-20-22-5-2-7-28(27(22)9-10-30(37)38)40-15-3-8-29(35)36/h1-2,4-7,16-19,33H,3,8-15,20H2,(H,35,36)(H,37,38). The van der Waals surface area contributed by atoms with Crippen LogP contribution in [-0.4, -0.2) is 65.7 Å². The predicted molar refractivity (Wildman–Crippen MR) is 150 cm³/mol. The van der Waals surface area contributed by atoms with Gasteiger partial charge in [0.2, 0.25) is 0 Å². The van der Waals surface area contributed by atoms with Crippen molar-refractivity contribution in [1.29, 1.82) is 0 Å². The number of ether oxygens (including phenoxy) is 2. The maximum atomic E-state index is 14.0. The van der Waals surface area contributed by atoms with E-state index in [-0.39, 0.29) is 38.4 Å². The summed E-state index contributed by atoms with van der Waals surface area (Å²) in [6.45, 7) is 2.79. The molecule has 0 unspecified atom stereocenters. The fraction of sp³-hybridized carbons (Fsp3) is 0.323. The molecule has 10 heteroatoms. The number of carboxylic acids is 2. The topological polar surface area (TPSA) is 125 Å². The van der Waals surface area contributed by atoms with Gasteiger partial charge in [0.1, 0.15) is 23.9 Å². The van der Waals surface area contributed by atoms with Crippen molar-refractivity contribution in [2.45, 2.75) is 32.3 Å². The predicted octanol–water partition coefficient (Wildman–Crippen LogP) is 4.38. The minimum atomic E-state index is -0.962. The Morgan fingerprint density at radius 2 is 1.63 bits per heavy atom. The molecule has 0 saturated carbocycles. The molecule has 0 aromatic heterocycles. The van der Waals surface area contributed by atoms with Crippen molar-refractivity contribution in [2.75, 3.05) is 32.8 Å². The van der Waals surface area contributed by atoms with Gasteiger partial charge in [-0.1, -0.05) is 24.3 Å². The Hall–Kier alpha value is -4.44. The quantitative estimate of drug-likeness (QED) is 0.261. The molecule has 0 bridgehead atoms. The lowest BCUT2D eigenvalue weighted by atomic mass is 10.0. The Labute approximate surface area is 237 Å². The molecule has 3 aromatic carbocycles. The van der Waals surface area contributed by atoms with Crippen LogP contribution in [0.5, 0.6) is 11.5 Å². The average molecular weight is 565 g/mol. The van der Waals surface area contributed by atoms with E-state index in [2.05, 4.69) is 5.32 Å². The summed E-state index contributed by atoms with van der Waals surface area (Å²) in [4.78, 5) is 37.3. The summed E-state index contributed by atoms with van der Waals surface area (Å²) in [6.07, 6.45) is 0.342. The van der Waals surface area contributed by atoms with E-state index in [1.165, 1.54) is 12.1 Å². The Kier molecular flexibility index (Phi) is 10.3. The number of rotatable bonds is 13. The van der Waals surface area contributed by atoms with Gasteiger partial charge in [-0.15, -0.1) is 0 Å². The van der Waals surface area contributed by atoms with Crippen LogP contribution >= 0.6 is 0 Å². The van der Waals surface area contributed by atoms with Crippen LogP contribution in [0.2, 0.25) is 0 Å². The third-order valence-electron chi connectivity index (χ3n) is 6.72. The van der Waals surface area contributed by atoms with Crippen LogP contribution in [-0.2, 0) is 22.6 Å². The van der Waals surface area contributed by atoms with Gasteiger partial charge in [0.25, 0.3) is 5.91 Å². The molecule has 1 saturated heterocycles. The van der Waals surface area contributed by atoms with E-state index in [1.807, 2.05) is 6.07 Å². The average Bonchev–Trinajstić information content (AvgIpc) is 2.97. The summed E-state index contributed by atoms with van der Waals surface area (Å²) in [5.74, 6) is -1.54. The maximum absolute atomic E-state index is 14.0. The monoisotopic (exact) mass is 564 g/mol. The smallest absolute Gasteiger partial charge is 0.303 e. The van der Waals surface area contributed by atoms with Gasteiger partial charge in [-0.2, -0.15) is 0 Å². The summed E-state index contributed by atoms with van der Waals surface area (Å²) in [5.41, 5.74) is 3.01. The number of amides is 1. The normalized spacial score (nSPS) is 13.0. The number of halogens is 1. The largest absolute Gasteiger partial charge is 0.493 e. The Bertz CT molecular complexity index is 1390. The molecule has 1 amide bonds. The van der Waals surface area contributed by atoms with E-state index in [4.69, 9.17) is 14.6 Å². The first-order chi connectivity index (χ1) is 19.8. The number of hydrogen-bond donors (Lipinski definition) is 3. The number of nitrogens with zero attached hydrogens (tertiary/aromatic N) is 1. The van der Waals surface area contributed by atoms with Gasteiger partial charge in [0, 0.05) is 50.1 Å². The van der Waals surface area contributed by atoms with Crippen molar-refractivity contribution in [1.82, 2.24) is 10.2 Å². The van der Waals surface area contributed by atoms with Gasteiger partial charge in [0.05, 0.1) is 6.61 Å². The molecule has 1 aliphatic rings. The lowest BCUT2D eigenvalue weighted by Gasteiger charge is -2.27. The fourth-order valence-corrected chi connectivity index (χ4v) is 4.65. The van der Waals surface area contributed by atoms with Crippen molar-refractivity contribution in [3.8, 4) is 22.6 Å². The molecule has 3 aromatic rings. The van der Waals surface area contributed by atoms with E-state index in [0.29, 0.717) is 71.9 Å². The van der Waals surface area contributed by atoms with Crippen LogP contribution < -0.4 is 14.8 Å². The summed E-state index contributed by atoms with van der Waals surface area (Å²) in [7, 11) is 0. The van der Waals surface area contributed by atoms with E-state index in [1.54, 1.807) is 47.4 Å². The highest BCUT2D eigenvalue weighted by molar-refractivity contribution is 5.96. The van der Waals surface area contributed by atoms with Crippen LogP contribution in [0.15, 0.2) is 60.7 Å². The molecular formula is C31H33FN2O7. The number of carbonyl (C=O) groups excluding carboxylic acids is 1. The van der Waals surface area contributed by atoms with E-state index >= 15 is 0 Å². The van der Waals surface area contributed by atoms with Gasteiger partial charge in [0.15, 0.2) is 0 Å². The second-order valence-corrected chi connectivity index (χ2v) is 9.72. The van der Waals surface area contributed by atoms with E-state index in [0.717, 1.165) is 0 Å². The highest BCUT2D eigenvalue weighted by Gasteiger charge is 2.20. The maximum Gasteiger partial charge on any atom is 0.303 e. The molecule has 0 aliphatic carbocycles. The lowest BCUT2D eigenvalue weighted by Crippen LogP contribution is -2.46. The van der Waals surface area contributed by atoms with Crippen LogP contribution in [0.25, 0.3) is 11.1 Å². The number of aliphatic carboxylic acids is 2. The van der Waals surface area contributed by atoms with Crippen molar-refractivity contribution in [3.05, 3.63) is 83.2 Å². The molecule has 1 fully saturated rings. The first-order valence-corrected chi connectivity index (χ1v) is 13.5. The van der Waals surface area contributed by atoms with Gasteiger partial charge in [-0.25, -0.2) is 4.39 Å². The highest BCUT2D eigenvalue weighted by Crippen LogP contribution is 2.30. The van der Waals surface area contributed by atoms with Gasteiger partial charge >= 0.3 is 11.9 Å². The summed E-state index contributed by atoms with van der Waals surface area (Å²) >= 11 is 0. The Morgan fingerprint density at radius 3 is 2.37 bits per heavy atom. The van der Waals surface area contributed by atoms with Crippen molar-refractivity contribution in [3.63, 3.8) is 0 Å². The number of piperazine rings is 1. The minimum absolute atomic E-state index is 0.0378. The zero-order chi connectivity index (χ0) is 29.2. The van der Waals surface area contributed by atoms with Crippen LogP contribution in [0.1, 0.15) is 40.7 Å². The van der Waals surface area contributed by atoms with Crippen LogP contribution in [0.3, 0.4) is 0 Å². The van der Waals surface area contributed by atoms with Crippen molar-refractivity contribution >= 4 is 17.8 Å². The molecule has 41 heavy (non-hydrogen) atoms. The zero-order valence-corrected chi connectivity index (χ0v) is 22.6. The molecule has 0 radical (unpaired) electrons. The number of benzene rings is 3. The molecule has 1 heterocycles. The van der Waals surface area contributed by atoms with Crippen LogP contribution in [0, 0.1) is 5.82 Å².